The van der Waals surface area contributed by atoms with E-state index >= 15 is 0 Å². The Hall–Kier alpha value is -1.82. The van der Waals surface area contributed by atoms with Crippen LogP contribution in [0.1, 0.15) is 18.4 Å². The van der Waals surface area contributed by atoms with Crippen molar-refractivity contribution in [3.05, 3.63) is 48.4 Å². The Morgan fingerprint density at radius 2 is 1.68 bits per heavy atom. The average Bonchev–Trinajstić information content (AvgIpc) is 3.01. The molecule has 0 bridgehead atoms. The molecule has 7 heteroatoms. The van der Waals surface area contributed by atoms with Crippen molar-refractivity contribution in [3.63, 3.8) is 0 Å². The number of halogens is 4. The van der Waals surface area contributed by atoms with E-state index in [9.17, 15) is 13.2 Å². The number of aromatic nitrogens is 2. The SMILES string of the molecule is FC(F)(F)c1cnc(-[n+]2ccccc2)cc1N1CCCC1.[Cl-]. The van der Waals surface area contributed by atoms with Crippen molar-refractivity contribution in [2.45, 2.75) is 19.0 Å². The quantitative estimate of drug-likeness (QED) is 0.722. The van der Waals surface area contributed by atoms with Crippen LogP contribution < -0.4 is 21.9 Å². The summed E-state index contributed by atoms with van der Waals surface area (Å²) in [5.74, 6) is 0.491. The lowest BCUT2D eigenvalue weighted by Gasteiger charge is -2.21. The van der Waals surface area contributed by atoms with E-state index in [1.165, 1.54) is 6.07 Å². The van der Waals surface area contributed by atoms with E-state index in [0.717, 1.165) is 19.0 Å². The molecule has 0 saturated carbocycles. The molecule has 0 aromatic carbocycles. The molecule has 0 N–H and O–H groups in total. The zero-order valence-corrected chi connectivity index (χ0v) is 12.5. The largest absolute Gasteiger partial charge is 1.00 e. The number of nitrogens with zero attached hydrogens (tertiary/aromatic N) is 3. The van der Waals surface area contributed by atoms with Gasteiger partial charge in [0.1, 0.15) is 5.56 Å². The zero-order valence-electron chi connectivity index (χ0n) is 11.7. The highest BCUT2D eigenvalue weighted by Gasteiger charge is 2.38. The van der Waals surface area contributed by atoms with Gasteiger partial charge >= 0.3 is 12.0 Å². The molecule has 1 aliphatic rings. The lowest BCUT2D eigenvalue weighted by atomic mass is 10.2. The molecule has 1 saturated heterocycles. The fraction of sp³-hybridized carbons (Fsp3) is 0.333. The van der Waals surface area contributed by atoms with Crippen LogP contribution in [0.25, 0.3) is 5.82 Å². The van der Waals surface area contributed by atoms with Gasteiger partial charge in [0.25, 0.3) is 0 Å². The van der Waals surface area contributed by atoms with E-state index in [1.807, 2.05) is 18.2 Å². The van der Waals surface area contributed by atoms with E-state index in [0.29, 0.717) is 18.9 Å². The molecule has 22 heavy (non-hydrogen) atoms. The molecule has 2 aromatic rings. The van der Waals surface area contributed by atoms with Crippen LogP contribution in [-0.2, 0) is 6.18 Å². The summed E-state index contributed by atoms with van der Waals surface area (Å²) in [4.78, 5) is 5.75. The molecule has 0 unspecified atom stereocenters. The number of hydrogen-bond acceptors (Lipinski definition) is 2. The van der Waals surface area contributed by atoms with Crippen molar-refractivity contribution in [3.8, 4) is 5.82 Å². The Kier molecular flexibility index (Phi) is 4.90. The van der Waals surface area contributed by atoms with E-state index < -0.39 is 11.7 Å². The van der Waals surface area contributed by atoms with Gasteiger partial charge < -0.3 is 17.3 Å². The predicted molar refractivity (Wildman–Crippen MR) is 72.2 cm³/mol. The van der Waals surface area contributed by atoms with Crippen molar-refractivity contribution >= 4 is 5.69 Å². The first-order chi connectivity index (χ1) is 10.1. The summed E-state index contributed by atoms with van der Waals surface area (Å²) in [6.45, 7) is 1.32. The summed E-state index contributed by atoms with van der Waals surface area (Å²) in [6, 6.07) is 7.00. The molecule has 0 atom stereocenters. The molecule has 3 rings (SSSR count). The summed E-state index contributed by atoms with van der Waals surface area (Å²) in [6.07, 6.45) is 1.93. The first kappa shape index (κ1) is 16.5. The number of pyridine rings is 2. The van der Waals surface area contributed by atoms with Crippen LogP contribution in [0.4, 0.5) is 18.9 Å². The molecule has 2 aromatic heterocycles. The smallest absolute Gasteiger partial charge is 0.422 e. The maximum atomic E-state index is 13.2. The van der Waals surface area contributed by atoms with Gasteiger partial charge in [-0.1, -0.05) is 6.07 Å². The van der Waals surface area contributed by atoms with Crippen LogP contribution >= 0.6 is 0 Å². The number of alkyl halides is 3. The minimum atomic E-state index is -4.38. The Morgan fingerprint density at radius 3 is 2.27 bits per heavy atom. The van der Waals surface area contributed by atoms with Gasteiger partial charge in [-0.3, -0.25) is 0 Å². The number of rotatable bonds is 2. The van der Waals surface area contributed by atoms with Crippen LogP contribution in [-0.4, -0.2) is 18.1 Å². The molecular weight excluding hydrogens is 315 g/mol. The van der Waals surface area contributed by atoms with Crippen LogP contribution in [0, 0.1) is 0 Å². The van der Waals surface area contributed by atoms with Gasteiger partial charge in [-0.2, -0.15) is 13.2 Å². The molecule has 0 spiro atoms. The van der Waals surface area contributed by atoms with E-state index in [4.69, 9.17) is 0 Å². The molecular formula is C15H15ClF3N3. The van der Waals surface area contributed by atoms with Gasteiger partial charge in [0.05, 0.1) is 24.1 Å². The predicted octanol–water partition coefficient (Wildman–Crippen LogP) is -0.0187. The lowest BCUT2D eigenvalue weighted by molar-refractivity contribution is -0.599. The number of hydrogen-bond donors (Lipinski definition) is 0. The van der Waals surface area contributed by atoms with Crippen molar-refractivity contribution in [2.24, 2.45) is 0 Å². The second kappa shape index (κ2) is 6.52. The maximum absolute atomic E-state index is 13.2. The molecule has 1 fully saturated rings. The Morgan fingerprint density at radius 1 is 1.05 bits per heavy atom. The third-order valence-corrected chi connectivity index (χ3v) is 3.60. The highest BCUT2D eigenvalue weighted by molar-refractivity contribution is 5.56. The normalized spacial score (nSPS) is 14.8. The molecule has 0 radical (unpaired) electrons. The highest BCUT2D eigenvalue weighted by Crippen LogP contribution is 2.37. The van der Waals surface area contributed by atoms with Gasteiger partial charge in [0, 0.05) is 13.1 Å². The van der Waals surface area contributed by atoms with Gasteiger partial charge in [0.15, 0.2) is 6.20 Å². The summed E-state index contributed by atoms with van der Waals surface area (Å²) < 4.78 is 41.2. The van der Waals surface area contributed by atoms with E-state index in [2.05, 4.69) is 4.98 Å². The Bertz CT molecular complexity index is 626. The topological polar surface area (TPSA) is 20.0 Å². The fourth-order valence-electron chi connectivity index (χ4n) is 2.56. The van der Waals surface area contributed by atoms with Crippen LogP contribution in [0.15, 0.2) is 42.9 Å². The second-order valence-corrected chi connectivity index (χ2v) is 5.03. The third-order valence-electron chi connectivity index (χ3n) is 3.60. The summed E-state index contributed by atoms with van der Waals surface area (Å²) in [7, 11) is 0. The lowest BCUT2D eigenvalue weighted by Crippen LogP contribution is -3.00. The molecule has 3 nitrogen and oxygen atoms in total. The van der Waals surface area contributed by atoms with Crippen LogP contribution in [0.3, 0.4) is 0 Å². The van der Waals surface area contributed by atoms with Gasteiger partial charge in [-0.25, -0.2) is 4.57 Å². The second-order valence-electron chi connectivity index (χ2n) is 5.03. The van der Waals surface area contributed by atoms with E-state index in [-0.39, 0.29) is 18.1 Å². The first-order valence-corrected chi connectivity index (χ1v) is 6.84. The van der Waals surface area contributed by atoms with Crippen molar-refractivity contribution in [1.29, 1.82) is 0 Å². The molecule has 3 heterocycles. The van der Waals surface area contributed by atoms with Gasteiger partial charge in [-0.05, 0) is 30.0 Å². The van der Waals surface area contributed by atoms with Crippen LogP contribution in [0.5, 0.6) is 0 Å². The summed E-state index contributed by atoms with van der Waals surface area (Å²) in [5.41, 5.74) is -0.439. The van der Waals surface area contributed by atoms with Gasteiger partial charge in [0.2, 0.25) is 0 Å². The third kappa shape index (κ3) is 3.32. The highest BCUT2D eigenvalue weighted by atomic mass is 35.5. The van der Waals surface area contributed by atoms with Crippen LogP contribution in [0.2, 0.25) is 0 Å². The number of anilines is 1. The monoisotopic (exact) mass is 329 g/mol. The van der Waals surface area contributed by atoms with Crippen molar-refractivity contribution in [2.75, 3.05) is 18.0 Å². The molecule has 0 amide bonds. The van der Waals surface area contributed by atoms with E-state index in [1.54, 1.807) is 21.9 Å². The van der Waals surface area contributed by atoms with Crippen molar-refractivity contribution in [1.82, 2.24) is 4.98 Å². The average molecular weight is 330 g/mol. The van der Waals surface area contributed by atoms with Crippen molar-refractivity contribution < 1.29 is 30.1 Å². The van der Waals surface area contributed by atoms with Gasteiger partial charge in [-0.15, -0.1) is 0 Å². The maximum Gasteiger partial charge on any atom is 0.422 e. The Balaban J connectivity index is 0.00000176. The minimum absolute atomic E-state index is 0. The molecule has 0 aliphatic carbocycles. The summed E-state index contributed by atoms with van der Waals surface area (Å²) in [5, 5.41) is 0. The molecule has 118 valence electrons. The summed E-state index contributed by atoms with van der Waals surface area (Å²) >= 11 is 0. The zero-order chi connectivity index (χ0) is 14.9. The minimum Gasteiger partial charge on any atom is -1.00 e. The molecule has 1 aliphatic heterocycles. The first-order valence-electron chi connectivity index (χ1n) is 6.84. The standard InChI is InChI=1S/C15H15F3N3.ClH/c16-15(17,18)12-11-19-14(21-8-2-1-3-9-21)10-13(12)20-6-4-5-7-20;/h1-3,8-11H,4-7H2;1H/q+1;/p-1. The Labute approximate surface area is 132 Å². The fourth-order valence-corrected chi connectivity index (χ4v) is 2.56.